The molecule has 1 rings (SSSR count). The Morgan fingerprint density at radius 2 is 1.89 bits per heavy atom. The molecule has 6 heteroatoms. The van der Waals surface area contributed by atoms with E-state index in [1.165, 1.54) is 0 Å². The summed E-state index contributed by atoms with van der Waals surface area (Å²) in [5.74, 6) is -0.832. The molecule has 1 aliphatic heterocycles. The van der Waals surface area contributed by atoms with Crippen molar-refractivity contribution in [2.45, 2.75) is 20.3 Å². The van der Waals surface area contributed by atoms with E-state index in [1.807, 2.05) is 6.92 Å². The van der Waals surface area contributed by atoms with Crippen LogP contribution in [0.4, 0.5) is 0 Å². The maximum atomic E-state index is 9.98. The van der Waals surface area contributed by atoms with Crippen molar-refractivity contribution in [2.24, 2.45) is 0 Å². The highest BCUT2D eigenvalue weighted by atomic mass is 16.5. The molecular weight excluding hydrogens is 248 g/mol. The summed E-state index contributed by atoms with van der Waals surface area (Å²) < 4.78 is 9.91. The van der Waals surface area contributed by atoms with Crippen molar-refractivity contribution < 1.29 is 19.4 Å². The summed E-state index contributed by atoms with van der Waals surface area (Å²) in [6.45, 7) is 8.17. The van der Waals surface area contributed by atoms with Crippen molar-refractivity contribution >= 4 is 5.97 Å². The van der Waals surface area contributed by atoms with Gasteiger partial charge in [0.25, 0.3) is 0 Å². The van der Waals surface area contributed by atoms with E-state index in [0.29, 0.717) is 19.8 Å². The van der Waals surface area contributed by atoms with Crippen molar-refractivity contribution in [3.8, 4) is 0 Å². The molecule has 112 valence electrons. The number of hydrogen-bond acceptors (Lipinski definition) is 5. The molecule has 0 atom stereocenters. The molecule has 0 fully saturated rings. The molecule has 0 amide bonds. The number of aliphatic carboxylic acids is 1. The van der Waals surface area contributed by atoms with Crippen LogP contribution in [0.2, 0.25) is 0 Å². The van der Waals surface area contributed by atoms with Gasteiger partial charge in [0.05, 0.1) is 32.9 Å². The lowest BCUT2D eigenvalue weighted by molar-refractivity contribution is -0.138. The van der Waals surface area contributed by atoms with Crippen LogP contribution in [0.1, 0.15) is 20.3 Å². The van der Waals surface area contributed by atoms with Gasteiger partial charge in [-0.1, -0.05) is 0 Å². The van der Waals surface area contributed by atoms with E-state index in [2.05, 4.69) is 36.2 Å². The normalized spacial score (nSPS) is 13.4. The van der Waals surface area contributed by atoms with Gasteiger partial charge in [0.1, 0.15) is 0 Å². The number of hydrogen-bond donors (Lipinski definition) is 1. The molecule has 0 spiro atoms. The van der Waals surface area contributed by atoms with Gasteiger partial charge in [-0.15, -0.1) is 0 Å². The van der Waals surface area contributed by atoms with Crippen LogP contribution >= 0.6 is 0 Å². The fraction of sp³-hybridized carbons (Fsp3) is 0.769. The molecule has 0 aromatic rings. The second-order valence-corrected chi connectivity index (χ2v) is 4.05. The van der Waals surface area contributed by atoms with Gasteiger partial charge in [-0.2, -0.15) is 0 Å². The zero-order valence-corrected chi connectivity index (χ0v) is 12.2. The molecule has 6 nitrogen and oxygen atoms in total. The first-order valence-corrected chi connectivity index (χ1v) is 6.60. The number of ether oxygens (including phenoxy) is 2. The van der Waals surface area contributed by atoms with E-state index in [-0.39, 0.29) is 13.0 Å². The van der Waals surface area contributed by atoms with Crippen LogP contribution in [-0.4, -0.2) is 67.6 Å². The van der Waals surface area contributed by atoms with Gasteiger partial charge < -0.3 is 24.4 Å². The Labute approximate surface area is 115 Å². The van der Waals surface area contributed by atoms with Crippen molar-refractivity contribution in [3.05, 3.63) is 12.4 Å². The summed E-state index contributed by atoms with van der Waals surface area (Å²) in [5.41, 5.74) is 0. The van der Waals surface area contributed by atoms with E-state index in [1.54, 1.807) is 0 Å². The molecule has 0 aromatic carbocycles. The van der Waals surface area contributed by atoms with E-state index in [0.717, 1.165) is 13.2 Å². The van der Waals surface area contributed by atoms with Crippen LogP contribution in [0, 0.1) is 0 Å². The molecule has 19 heavy (non-hydrogen) atoms. The molecule has 0 radical (unpaired) electrons. The van der Waals surface area contributed by atoms with Crippen molar-refractivity contribution in [1.29, 1.82) is 0 Å². The van der Waals surface area contributed by atoms with E-state index >= 15 is 0 Å². The van der Waals surface area contributed by atoms with Gasteiger partial charge in [-0.3, -0.25) is 4.79 Å². The molecule has 1 heterocycles. The summed E-state index contributed by atoms with van der Waals surface area (Å²) >= 11 is 0. The quantitative estimate of drug-likeness (QED) is 0.671. The zero-order chi connectivity index (χ0) is 14.5. The summed E-state index contributed by atoms with van der Waals surface area (Å²) in [7, 11) is 2.08. The molecule has 0 saturated heterocycles. The standard InChI is InChI=1S/C7H14O4.C6H12N2/c1-2-10-5-6-11-4-3-7(8)9;1-3-8-5-4-7(2)6-8/h2-6H2,1H3,(H,8,9);4-5H,3,6H2,1-2H3. The van der Waals surface area contributed by atoms with Gasteiger partial charge in [0, 0.05) is 32.6 Å². The third-order valence-electron chi connectivity index (χ3n) is 2.38. The maximum absolute atomic E-state index is 9.98. The minimum Gasteiger partial charge on any atom is -0.481 e. The van der Waals surface area contributed by atoms with Gasteiger partial charge >= 0.3 is 5.97 Å². The van der Waals surface area contributed by atoms with Crippen LogP contribution in [0.15, 0.2) is 12.4 Å². The first kappa shape index (κ1) is 17.7. The number of carboxylic acids is 1. The summed E-state index contributed by atoms with van der Waals surface area (Å²) in [4.78, 5) is 14.4. The highest BCUT2D eigenvalue weighted by Gasteiger charge is 2.03. The lowest BCUT2D eigenvalue weighted by Gasteiger charge is -2.14. The number of nitrogens with zero attached hydrogens (tertiary/aromatic N) is 2. The molecule has 0 bridgehead atoms. The Hall–Kier alpha value is -1.27. The predicted molar refractivity (Wildman–Crippen MR) is 73.7 cm³/mol. The number of rotatable bonds is 8. The monoisotopic (exact) mass is 274 g/mol. The lowest BCUT2D eigenvalue weighted by Crippen LogP contribution is -2.21. The molecular formula is C13H26N2O4. The second-order valence-electron chi connectivity index (χ2n) is 4.05. The van der Waals surface area contributed by atoms with Crippen LogP contribution in [0.3, 0.4) is 0 Å². The second kappa shape index (κ2) is 11.8. The minimum absolute atomic E-state index is 0.0616. The van der Waals surface area contributed by atoms with Crippen molar-refractivity contribution in [2.75, 3.05) is 46.7 Å². The first-order valence-electron chi connectivity index (χ1n) is 6.60. The molecule has 0 saturated carbocycles. The third kappa shape index (κ3) is 11.5. The highest BCUT2D eigenvalue weighted by molar-refractivity contribution is 5.66. The average molecular weight is 274 g/mol. The third-order valence-corrected chi connectivity index (χ3v) is 2.38. The maximum Gasteiger partial charge on any atom is 0.305 e. The van der Waals surface area contributed by atoms with Crippen LogP contribution in [-0.2, 0) is 14.3 Å². The Balaban J connectivity index is 0.000000356. The molecule has 0 unspecified atom stereocenters. The summed E-state index contributed by atoms with van der Waals surface area (Å²) in [6, 6.07) is 0. The van der Waals surface area contributed by atoms with Gasteiger partial charge in [0.15, 0.2) is 0 Å². The Kier molecular flexibility index (Phi) is 11.0. The highest BCUT2D eigenvalue weighted by Crippen LogP contribution is 2.00. The smallest absolute Gasteiger partial charge is 0.305 e. The predicted octanol–water partition coefficient (Wildman–Crippen LogP) is 1.20. The fourth-order valence-corrected chi connectivity index (χ4v) is 1.32. The molecule has 1 N–H and O–H groups in total. The summed E-state index contributed by atoms with van der Waals surface area (Å²) in [5, 5.41) is 8.20. The SMILES string of the molecule is CCN1C=CN(C)C1.CCOCCOCCC(=O)O. The Morgan fingerprint density at radius 1 is 1.21 bits per heavy atom. The van der Waals surface area contributed by atoms with E-state index in [4.69, 9.17) is 14.6 Å². The molecule has 1 aliphatic rings. The average Bonchev–Trinajstić information content (AvgIpc) is 2.80. The number of carboxylic acid groups (broad SMARTS) is 1. The topological polar surface area (TPSA) is 62.2 Å². The summed E-state index contributed by atoms with van der Waals surface area (Å²) in [6.07, 6.45) is 4.26. The minimum atomic E-state index is -0.832. The Bertz CT molecular complexity index is 259. The van der Waals surface area contributed by atoms with Crippen LogP contribution in [0.25, 0.3) is 0 Å². The first-order chi connectivity index (χ1) is 9.10. The Morgan fingerprint density at radius 3 is 2.32 bits per heavy atom. The van der Waals surface area contributed by atoms with Crippen molar-refractivity contribution in [1.82, 2.24) is 9.80 Å². The zero-order valence-electron chi connectivity index (χ0n) is 12.2. The largest absolute Gasteiger partial charge is 0.481 e. The van der Waals surface area contributed by atoms with Crippen LogP contribution in [0.5, 0.6) is 0 Å². The molecule has 0 aliphatic carbocycles. The van der Waals surface area contributed by atoms with Gasteiger partial charge in [0.2, 0.25) is 0 Å². The van der Waals surface area contributed by atoms with Crippen molar-refractivity contribution in [3.63, 3.8) is 0 Å². The number of carbonyl (C=O) groups is 1. The van der Waals surface area contributed by atoms with Gasteiger partial charge in [-0.05, 0) is 13.8 Å². The van der Waals surface area contributed by atoms with E-state index in [9.17, 15) is 4.79 Å². The van der Waals surface area contributed by atoms with Crippen LogP contribution < -0.4 is 0 Å². The lowest BCUT2D eigenvalue weighted by atomic mass is 10.5. The fourth-order valence-electron chi connectivity index (χ4n) is 1.32. The molecule has 0 aromatic heterocycles. The van der Waals surface area contributed by atoms with Gasteiger partial charge in [-0.25, -0.2) is 0 Å². The van der Waals surface area contributed by atoms with E-state index < -0.39 is 5.97 Å².